The Bertz CT molecular complexity index is 551. The summed E-state index contributed by atoms with van der Waals surface area (Å²) in [4.78, 5) is 0. The van der Waals surface area contributed by atoms with Crippen LogP contribution in [-0.2, 0) is 0 Å². The van der Waals surface area contributed by atoms with Gasteiger partial charge in [-0.15, -0.1) is 11.3 Å². The lowest BCUT2D eigenvalue weighted by Crippen LogP contribution is -1.91. The lowest BCUT2D eigenvalue weighted by atomic mass is 10.3. The van der Waals surface area contributed by atoms with E-state index in [-0.39, 0.29) is 0 Å². The summed E-state index contributed by atoms with van der Waals surface area (Å²) in [6, 6.07) is 12.3. The fourth-order valence-electron chi connectivity index (χ4n) is 1.54. The lowest BCUT2D eigenvalue weighted by Gasteiger charge is -1.97. The normalized spacial score (nSPS) is 10.9. The van der Waals surface area contributed by atoms with Crippen LogP contribution in [0.5, 0.6) is 0 Å². The number of thiophene rings is 1. The highest BCUT2D eigenvalue weighted by Crippen LogP contribution is 2.20. The van der Waals surface area contributed by atoms with Crippen LogP contribution in [0.15, 0.2) is 48.0 Å². The van der Waals surface area contributed by atoms with E-state index in [9.17, 15) is 0 Å². The number of para-hydroxylation sites is 1. The van der Waals surface area contributed by atoms with Crippen molar-refractivity contribution in [3.63, 3.8) is 0 Å². The van der Waals surface area contributed by atoms with Gasteiger partial charge in [-0.05, 0) is 23.6 Å². The zero-order chi connectivity index (χ0) is 9.38. The van der Waals surface area contributed by atoms with Crippen LogP contribution in [0.2, 0.25) is 0 Å². The van der Waals surface area contributed by atoms with E-state index < -0.39 is 0 Å². The molecule has 0 aliphatic rings. The van der Waals surface area contributed by atoms with Crippen molar-refractivity contribution in [1.82, 2.24) is 9.78 Å². The molecule has 3 heteroatoms. The summed E-state index contributed by atoms with van der Waals surface area (Å²) in [6.45, 7) is 0. The van der Waals surface area contributed by atoms with Gasteiger partial charge in [-0.1, -0.05) is 18.2 Å². The first-order valence-corrected chi connectivity index (χ1v) is 5.30. The lowest BCUT2D eigenvalue weighted by molar-refractivity contribution is 0.928. The van der Waals surface area contributed by atoms with Gasteiger partial charge >= 0.3 is 0 Å². The second-order valence-corrected chi connectivity index (χ2v) is 3.99. The summed E-state index contributed by atoms with van der Waals surface area (Å²) in [5, 5.41) is 8.77. The van der Waals surface area contributed by atoms with Crippen molar-refractivity contribution < 1.29 is 0 Å². The minimum Gasteiger partial charge on any atom is -0.223 e. The first-order valence-electron chi connectivity index (χ1n) is 4.42. The van der Waals surface area contributed by atoms with E-state index in [4.69, 9.17) is 0 Å². The van der Waals surface area contributed by atoms with Crippen molar-refractivity contribution in [2.24, 2.45) is 0 Å². The Hall–Kier alpha value is -1.61. The molecule has 0 spiro atoms. The molecule has 0 atom stereocenters. The molecular formula is C11H8N2S. The maximum absolute atomic E-state index is 4.36. The van der Waals surface area contributed by atoms with Gasteiger partial charge in [0, 0.05) is 5.39 Å². The molecule has 0 unspecified atom stereocenters. The van der Waals surface area contributed by atoms with Crippen LogP contribution in [0.4, 0.5) is 0 Å². The molecule has 3 aromatic rings. The molecule has 0 aliphatic heterocycles. The minimum atomic E-state index is 1.16. The minimum absolute atomic E-state index is 1.16. The number of rotatable bonds is 1. The molecule has 0 saturated carbocycles. The molecule has 0 amide bonds. The fourth-order valence-corrected chi connectivity index (χ4v) is 2.24. The summed E-state index contributed by atoms with van der Waals surface area (Å²) >= 11 is 1.70. The zero-order valence-corrected chi connectivity index (χ0v) is 8.24. The number of hydrogen-bond acceptors (Lipinski definition) is 2. The summed E-state index contributed by atoms with van der Waals surface area (Å²) in [6.07, 6.45) is 1.90. The molecule has 1 aromatic carbocycles. The Morgan fingerprint density at radius 1 is 1.07 bits per heavy atom. The monoisotopic (exact) mass is 200 g/mol. The van der Waals surface area contributed by atoms with Gasteiger partial charge in [-0.25, -0.2) is 4.68 Å². The Morgan fingerprint density at radius 2 is 2.00 bits per heavy atom. The standard InChI is InChI=1S/C11H8N2S/c1-2-5-10-9(4-1)8-12-13(10)11-6-3-7-14-11/h1-8H. The maximum Gasteiger partial charge on any atom is 0.118 e. The van der Waals surface area contributed by atoms with Gasteiger partial charge in [0.15, 0.2) is 0 Å². The first kappa shape index (κ1) is 7.76. The van der Waals surface area contributed by atoms with E-state index in [1.54, 1.807) is 11.3 Å². The summed E-state index contributed by atoms with van der Waals surface area (Å²) < 4.78 is 1.97. The Morgan fingerprint density at radius 3 is 2.86 bits per heavy atom. The molecule has 0 N–H and O–H groups in total. The van der Waals surface area contributed by atoms with E-state index in [1.807, 2.05) is 29.1 Å². The number of fused-ring (bicyclic) bond motifs is 1. The Labute approximate surface area is 85.4 Å². The van der Waals surface area contributed by atoms with Gasteiger partial charge in [0.05, 0.1) is 11.7 Å². The summed E-state index contributed by atoms with van der Waals surface area (Å²) in [5.74, 6) is 0. The molecule has 3 rings (SSSR count). The first-order chi connectivity index (χ1) is 6.95. The van der Waals surface area contributed by atoms with Crippen LogP contribution in [0.25, 0.3) is 15.9 Å². The van der Waals surface area contributed by atoms with Crippen molar-refractivity contribution in [2.75, 3.05) is 0 Å². The molecular weight excluding hydrogens is 192 g/mol. The predicted molar refractivity (Wildman–Crippen MR) is 58.9 cm³/mol. The second-order valence-electron chi connectivity index (χ2n) is 3.07. The third kappa shape index (κ3) is 1.06. The molecule has 0 bridgehead atoms. The van der Waals surface area contributed by atoms with Crippen LogP contribution >= 0.6 is 11.3 Å². The summed E-state index contributed by atoms with van der Waals surface area (Å²) in [7, 11) is 0. The topological polar surface area (TPSA) is 17.8 Å². The van der Waals surface area contributed by atoms with Gasteiger partial charge in [0.2, 0.25) is 0 Å². The van der Waals surface area contributed by atoms with E-state index in [2.05, 4.69) is 28.7 Å². The van der Waals surface area contributed by atoms with Crippen molar-refractivity contribution >= 4 is 22.2 Å². The molecule has 2 nitrogen and oxygen atoms in total. The highest BCUT2D eigenvalue weighted by atomic mass is 32.1. The van der Waals surface area contributed by atoms with Crippen LogP contribution in [0.1, 0.15) is 0 Å². The Balaban J connectivity index is 2.33. The van der Waals surface area contributed by atoms with Crippen LogP contribution in [-0.4, -0.2) is 9.78 Å². The number of hydrogen-bond donors (Lipinski definition) is 0. The van der Waals surface area contributed by atoms with Crippen molar-refractivity contribution in [3.05, 3.63) is 48.0 Å². The van der Waals surface area contributed by atoms with Gasteiger partial charge in [-0.3, -0.25) is 0 Å². The van der Waals surface area contributed by atoms with Crippen LogP contribution in [0, 0.1) is 0 Å². The third-order valence-corrected chi connectivity index (χ3v) is 3.04. The highest BCUT2D eigenvalue weighted by Gasteiger charge is 2.03. The van der Waals surface area contributed by atoms with E-state index in [1.165, 1.54) is 5.39 Å². The molecule has 2 aromatic heterocycles. The summed E-state index contributed by atoms with van der Waals surface area (Å²) in [5.41, 5.74) is 1.16. The molecule has 0 aliphatic carbocycles. The van der Waals surface area contributed by atoms with Gasteiger partial charge < -0.3 is 0 Å². The van der Waals surface area contributed by atoms with Crippen molar-refractivity contribution in [1.29, 1.82) is 0 Å². The molecule has 68 valence electrons. The number of nitrogens with zero attached hydrogens (tertiary/aromatic N) is 2. The average molecular weight is 200 g/mol. The smallest absolute Gasteiger partial charge is 0.118 e. The van der Waals surface area contributed by atoms with E-state index >= 15 is 0 Å². The molecule has 0 saturated heterocycles. The highest BCUT2D eigenvalue weighted by molar-refractivity contribution is 7.12. The SMILES string of the molecule is c1csc(-n2ncc3ccccc32)c1. The number of benzene rings is 1. The van der Waals surface area contributed by atoms with E-state index in [0.29, 0.717) is 0 Å². The third-order valence-electron chi connectivity index (χ3n) is 2.19. The Kier molecular flexibility index (Phi) is 1.64. The molecule has 14 heavy (non-hydrogen) atoms. The molecule has 2 heterocycles. The average Bonchev–Trinajstić information content (AvgIpc) is 2.85. The van der Waals surface area contributed by atoms with Gasteiger partial charge in [0.25, 0.3) is 0 Å². The largest absolute Gasteiger partial charge is 0.223 e. The van der Waals surface area contributed by atoms with Crippen molar-refractivity contribution in [2.45, 2.75) is 0 Å². The molecule has 0 radical (unpaired) electrons. The van der Waals surface area contributed by atoms with E-state index in [0.717, 1.165) is 10.5 Å². The van der Waals surface area contributed by atoms with Crippen LogP contribution < -0.4 is 0 Å². The zero-order valence-electron chi connectivity index (χ0n) is 7.42. The molecule has 0 fully saturated rings. The quantitative estimate of drug-likeness (QED) is 0.590. The van der Waals surface area contributed by atoms with Gasteiger partial charge in [0.1, 0.15) is 5.00 Å². The van der Waals surface area contributed by atoms with Crippen LogP contribution in [0.3, 0.4) is 0 Å². The maximum atomic E-state index is 4.36. The van der Waals surface area contributed by atoms with Gasteiger partial charge in [-0.2, -0.15) is 5.10 Å². The number of aromatic nitrogens is 2. The predicted octanol–water partition coefficient (Wildman–Crippen LogP) is 3.09. The van der Waals surface area contributed by atoms with Crippen molar-refractivity contribution in [3.8, 4) is 5.00 Å². The second kappa shape index (κ2) is 2.96. The fraction of sp³-hybridized carbons (Fsp3) is 0.